The molecule has 1 aromatic rings. The fourth-order valence-corrected chi connectivity index (χ4v) is 1.43. The van der Waals surface area contributed by atoms with Crippen LogP contribution < -0.4 is 0 Å². The van der Waals surface area contributed by atoms with E-state index in [0.717, 1.165) is 18.7 Å². The molecule has 1 aromatic heterocycles. The Kier molecular flexibility index (Phi) is 2.35. The predicted octanol–water partition coefficient (Wildman–Crippen LogP) is 2.03. The number of carbonyl (C=O) groups excluding carboxylic acids is 1. The van der Waals surface area contributed by atoms with Gasteiger partial charge in [-0.05, 0) is 26.7 Å². The molecule has 1 unspecified atom stereocenters. The highest BCUT2D eigenvalue weighted by Gasteiger charge is 2.26. The van der Waals surface area contributed by atoms with E-state index in [-0.39, 0.29) is 11.7 Å². The van der Waals surface area contributed by atoms with Gasteiger partial charge in [0, 0.05) is 5.92 Å². The van der Waals surface area contributed by atoms with E-state index < -0.39 is 0 Å². The van der Waals surface area contributed by atoms with Crippen molar-refractivity contribution in [2.45, 2.75) is 44.9 Å². The van der Waals surface area contributed by atoms with E-state index in [1.54, 1.807) is 6.92 Å². The van der Waals surface area contributed by atoms with Crippen LogP contribution in [-0.4, -0.2) is 15.9 Å². The highest BCUT2D eigenvalue weighted by atomic mass is 16.5. The molecule has 0 N–H and O–H groups in total. The SMILES string of the molecule is CC(=O)C(C)c1nc(C2CCC2)no1. The van der Waals surface area contributed by atoms with Gasteiger partial charge in [-0.1, -0.05) is 11.6 Å². The zero-order valence-electron chi connectivity index (χ0n) is 8.49. The molecule has 0 aliphatic heterocycles. The molecule has 76 valence electrons. The first-order chi connectivity index (χ1) is 6.68. The number of Topliss-reactive ketones (excluding diaryl/α,β-unsaturated/α-hetero) is 1. The lowest BCUT2D eigenvalue weighted by atomic mass is 9.85. The molecule has 0 aromatic carbocycles. The van der Waals surface area contributed by atoms with Crippen molar-refractivity contribution in [2.24, 2.45) is 0 Å². The van der Waals surface area contributed by atoms with Crippen molar-refractivity contribution < 1.29 is 9.32 Å². The van der Waals surface area contributed by atoms with Crippen LogP contribution in [0.1, 0.15) is 56.7 Å². The molecule has 1 saturated carbocycles. The summed E-state index contributed by atoms with van der Waals surface area (Å²) in [6.07, 6.45) is 3.54. The second-order valence-corrected chi connectivity index (χ2v) is 3.95. The minimum absolute atomic E-state index is 0.0637. The molecule has 4 heteroatoms. The smallest absolute Gasteiger partial charge is 0.236 e. The van der Waals surface area contributed by atoms with Gasteiger partial charge >= 0.3 is 0 Å². The number of hydrogen-bond acceptors (Lipinski definition) is 4. The summed E-state index contributed by atoms with van der Waals surface area (Å²) in [6, 6.07) is 0. The maximum atomic E-state index is 11.1. The van der Waals surface area contributed by atoms with Gasteiger partial charge in [0.05, 0.1) is 5.92 Å². The third-order valence-corrected chi connectivity index (χ3v) is 2.91. The maximum absolute atomic E-state index is 11.1. The third-order valence-electron chi connectivity index (χ3n) is 2.91. The first kappa shape index (κ1) is 9.37. The molecule has 0 radical (unpaired) electrons. The highest BCUT2D eigenvalue weighted by molar-refractivity contribution is 5.81. The Labute approximate surface area is 82.7 Å². The van der Waals surface area contributed by atoms with Crippen LogP contribution in [0.3, 0.4) is 0 Å². The van der Waals surface area contributed by atoms with Crippen molar-refractivity contribution in [3.63, 3.8) is 0 Å². The topological polar surface area (TPSA) is 56.0 Å². The molecule has 1 atom stereocenters. The van der Waals surface area contributed by atoms with E-state index in [2.05, 4.69) is 10.1 Å². The minimum Gasteiger partial charge on any atom is -0.339 e. The van der Waals surface area contributed by atoms with Crippen molar-refractivity contribution in [3.05, 3.63) is 11.7 Å². The fourth-order valence-electron chi connectivity index (χ4n) is 1.43. The van der Waals surface area contributed by atoms with Gasteiger partial charge in [-0.25, -0.2) is 0 Å². The van der Waals surface area contributed by atoms with Crippen LogP contribution in [0, 0.1) is 0 Å². The molecule has 4 nitrogen and oxygen atoms in total. The summed E-state index contributed by atoms with van der Waals surface area (Å²) in [5, 5.41) is 3.90. The molecular weight excluding hydrogens is 180 g/mol. The lowest BCUT2D eigenvalue weighted by molar-refractivity contribution is -0.118. The van der Waals surface area contributed by atoms with Gasteiger partial charge in [0.15, 0.2) is 5.82 Å². The maximum Gasteiger partial charge on any atom is 0.236 e. The molecule has 0 spiro atoms. The van der Waals surface area contributed by atoms with E-state index in [1.165, 1.54) is 13.3 Å². The van der Waals surface area contributed by atoms with Gasteiger partial charge in [0.25, 0.3) is 0 Å². The molecule has 0 bridgehead atoms. The van der Waals surface area contributed by atoms with Crippen LogP contribution in [0.2, 0.25) is 0 Å². The van der Waals surface area contributed by atoms with E-state index in [0.29, 0.717) is 11.8 Å². The van der Waals surface area contributed by atoms with Gasteiger partial charge in [0.1, 0.15) is 5.78 Å². The normalized spacial score (nSPS) is 19.0. The monoisotopic (exact) mass is 194 g/mol. The number of nitrogens with zero attached hydrogens (tertiary/aromatic N) is 2. The summed E-state index contributed by atoms with van der Waals surface area (Å²) in [4.78, 5) is 15.3. The minimum atomic E-state index is -0.267. The number of carbonyl (C=O) groups is 1. The molecule has 0 amide bonds. The molecule has 1 fully saturated rings. The van der Waals surface area contributed by atoms with Crippen molar-refractivity contribution in [1.29, 1.82) is 0 Å². The van der Waals surface area contributed by atoms with Crippen molar-refractivity contribution in [2.75, 3.05) is 0 Å². The van der Waals surface area contributed by atoms with Gasteiger partial charge in [-0.15, -0.1) is 0 Å². The Morgan fingerprint density at radius 1 is 1.57 bits per heavy atom. The summed E-state index contributed by atoms with van der Waals surface area (Å²) in [5.74, 6) is 1.50. The van der Waals surface area contributed by atoms with Gasteiger partial charge in [-0.2, -0.15) is 4.98 Å². The molecule has 2 rings (SSSR count). The second-order valence-electron chi connectivity index (χ2n) is 3.95. The molecule has 1 heterocycles. The Balaban J connectivity index is 2.12. The van der Waals surface area contributed by atoms with Gasteiger partial charge < -0.3 is 4.52 Å². The Bertz CT molecular complexity index is 342. The number of aromatic nitrogens is 2. The predicted molar refractivity (Wildman–Crippen MR) is 50.0 cm³/mol. The lowest BCUT2D eigenvalue weighted by Crippen LogP contribution is -2.11. The first-order valence-corrected chi connectivity index (χ1v) is 5.02. The summed E-state index contributed by atoms with van der Waals surface area (Å²) >= 11 is 0. The zero-order chi connectivity index (χ0) is 10.1. The second kappa shape index (κ2) is 3.52. The number of hydrogen-bond donors (Lipinski definition) is 0. The largest absolute Gasteiger partial charge is 0.339 e. The van der Waals surface area contributed by atoms with Crippen molar-refractivity contribution in [1.82, 2.24) is 10.1 Å². The van der Waals surface area contributed by atoms with Crippen LogP contribution in [0.15, 0.2) is 4.52 Å². The molecular formula is C10H14N2O2. The Morgan fingerprint density at radius 2 is 2.29 bits per heavy atom. The molecule has 1 aliphatic rings. The Hall–Kier alpha value is -1.19. The highest BCUT2D eigenvalue weighted by Crippen LogP contribution is 2.34. The summed E-state index contributed by atoms with van der Waals surface area (Å²) in [6.45, 7) is 3.33. The van der Waals surface area contributed by atoms with Gasteiger partial charge in [-0.3, -0.25) is 4.79 Å². The molecule has 14 heavy (non-hydrogen) atoms. The van der Waals surface area contributed by atoms with Crippen LogP contribution in [0.25, 0.3) is 0 Å². The van der Waals surface area contributed by atoms with E-state index in [4.69, 9.17) is 4.52 Å². The molecule has 1 aliphatic carbocycles. The van der Waals surface area contributed by atoms with Crippen LogP contribution in [0.4, 0.5) is 0 Å². The summed E-state index contributed by atoms with van der Waals surface area (Å²) < 4.78 is 5.06. The van der Waals surface area contributed by atoms with E-state index >= 15 is 0 Å². The average Bonchev–Trinajstić information content (AvgIpc) is 2.48. The number of rotatable bonds is 3. The zero-order valence-corrected chi connectivity index (χ0v) is 8.49. The lowest BCUT2D eigenvalue weighted by Gasteiger charge is -2.20. The number of ketones is 1. The van der Waals surface area contributed by atoms with E-state index in [1.807, 2.05) is 0 Å². The third kappa shape index (κ3) is 1.56. The average molecular weight is 194 g/mol. The van der Waals surface area contributed by atoms with Crippen molar-refractivity contribution in [3.8, 4) is 0 Å². The quantitative estimate of drug-likeness (QED) is 0.738. The van der Waals surface area contributed by atoms with E-state index in [9.17, 15) is 4.79 Å². The van der Waals surface area contributed by atoms with Crippen LogP contribution in [0.5, 0.6) is 0 Å². The van der Waals surface area contributed by atoms with Gasteiger partial charge in [0.2, 0.25) is 5.89 Å². The van der Waals surface area contributed by atoms with Crippen LogP contribution >= 0.6 is 0 Å². The van der Waals surface area contributed by atoms with Crippen molar-refractivity contribution >= 4 is 5.78 Å². The standard InChI is InChI=1S/C10H14N2O2/c1-6(7(2)13)10-11-9(12-14-10)8-4-3-5-8/h6,8H,3-5H2,1-2H3. The first-order valence-electron chi connectivity index (χ1n) is 5.02. The summed E-state index contributed by atoms with van der Waals surface area (Å²) in [7, 11) is 0. The molecule has 0 saturated heterocycles. The summed E-state index contributed by atoms with van der Waals surface area (Å²) in [5.41, 5.74) is 0. The Morgan fingerprint density at radius 3 is 2.79 bits per heavy atom. The van der Waals surface area contributed by atoms with Crippen LogP contribution in [-0.2, 0) is 4.79 Å². The fraction of sp³-hybridized carbons (Fsp3) is 0.700.